The molecule has 0 radical (unpaired) electrons. The number of nitrogens with two attached hydrogens (primary N) is 1. The lowest BCUT2D eigenvalue weighted by atomic mass is 10.1. The normalized spacial score (nSPS) is 13.6. The van der Waals surface area contributed by atoms with Gasteiger partial charge in [-0.15, -0.1) is 11.8 Å². The Hall–Kier alpha value is -1.82. The van der Waals surface area contributed by atoms with Gasteiger partial charge >= 0.3 is 0 Å². The number of benzene rings is 1. The second kappa shape index (κ2) is 4.45. The fourth-order valence-electron chi connectivity index (χ4n) is 1.96. The van der Waals surface area contributed by atoms with E-state index in [0.717, 1.165) is 27.5 Å². The molecule has 0 fully saturated rings. The zero-order chi connectivity index (χ0) is 12.5. The molecule has 1 aromatic heterocycles. The Morgan fingerprint density at radius 1 is 1.22 bits per heavy atom. The lowest BCUT2D eigenvalue weighted by Crippen LogP contribution is -2.16. The van der Waals surface area contributed by atoms with Gasteiger partial charge in [0.25, 0.3) is 0 Å². The van der Waals surface area contributed by atoms with Crippen LogP contribution in [0.15, 0.2) is 27.7 Å². The average molecular weight is 264 g/mol. The van der Waals surface area contributed by atoms with Crippen LogP contribution in [-0.4, -0.2) is 24.6 Å². The molecule has 1 aliphatic heterocycles. The third-order valence-corrected chi connectivity index (χ3v) is 3.57. The fraction of sp³-hybridized carbons (Fsp3) is 0.250. The Morgan fingerprint density at radius 3 is 2.78 bits per heavy atom. The minimum atomic E-state index is 0.307. The number of ether oxygens (including phenoxy) is 2. The summed E-state index contributed by atoms with van der Waals surface area (Å²) in [7, 11) is 0. The van der Waals surface area contributed by atoms with Crippen molar-refractivity contribution in [2.24, 2.45) is 0 Å². The predicted molar refractivity (Wildman–Crippen MR) is 69.1 cm³/mol. The Balaban J connectivity index is 2.19. The monoisotopic (exact) mass is 264 g/mol. The van der Waals surface area contributed by atoms with Gasteiger partial charge in [-0.2, -0.15) is 0 Å². The van der Waals surface area contributed by atoms with Crippen LogP contribution in [0.4, 0.5) is 5.88 Å². The SMILES string of the molecule is CSc1c(-c2cnoc2N)ccc2c1OCCO2. The van der Waals surface area contributed by atoms with Crippen molar-refractivity contribution in [2.75, 3.05) is 25.2 Å². The maximum atomic E-state index is 5.76. The molecule has 2 heterocycles. The van der Waals surface area contributed by atoms with E-state index in [1.165, 1.54) is 0 Å². The molecule has 0 atom stereocenters. The first-order chi connectivity index (χ1) is 8.81. The number of anilines is 1. The van der Waals surface area contributed by atoms with E-state index < -0.39 is 0 Å². The number of thioether (sulfide) groups is 1. The maximum Gasteiger partial charge on any atom is 0.229 e. The van der Waals surface area contributed by atoms with Crippen molar-refractivity contribution < 1.29 is 14.0 Å². The van der Waals surface area contributed by atoms with Crippen molar-refractivity contribution in [2.45, 2.75) is 4.90 Å². The van der Waals surface area contributed by atoms with E-state index >= 15 is 0 Å². The summed E-state index contributed by atoms with van der Waals surface area (Å²) in [6, 6.07) is 3.83. The summed E-state index contributed by atoms with van der Waals surface area (Å²) in [5, 5.41) is 3.70. The first-order valence-corrected chi connectivity index (χ1v) is 6.71. The summed E-state index contributed by atoms with van der Waals surface area (Å²) < 4.78 is 16.2. The first kappa shape index (κ1) is 11.3. The number of fused-ring (bicyclic) bond motifs is 1. The lowest BCUT2D eigenvalue weighted by Gasteiger charge is -2.22. The first-order valence-electron chi connectivity index (χ1n) is 5.48. The number of nitrogens with zero attached hydrogens (tertiary/aromatic N) is 1. The van der Waals surface area contributed by atoms with Crippen molar-refractivity contribution in [3.63, 3.8) is 0 Å². The zero-order valence-electron chi connectivity index (χ0n) is 9.80. The molecule has 1 aromatic carbocycles. The maximum absolute atomic E-state index is 5.76. The van der Waals surface area contributed by atoms with Gasteiger partial charge in [-0.05, 0) is 18.4 Å². The predicted octanol–water partition coefficient (Wildman–Crippen LogP) is 2.42. The molecule has 0 saturated carbocycles. The van der Waals surface area contributed by atoms with E-state index in [9.17, 15) is 0 Å². The molecule has 0 unspecified atom stereocenters. The van der Waals surface area contributed by atoms with Crippen molar-refractivity contribution >= 4 is 17.6 Å². The van der Waals surface area contributed by atoms with Crippen LogP contribution in [0.2, 0.25) is 0 Å². The summed E-state index contributed by atoms with van der Waals surface area (Å²) in [5.41, 5.74) is 7.49. The highest BCUT2D eigenvalue weighted by Gasteiger charge is 2.21. The minimum absolute atomic E-state index is 0.307. The van der Waals surface area contributed by atoms with Crippen LogP contribution in [0, 0.1) is 0 Å². The topological polar surface area (TPSA) is 70.5 Å². The summed E-state index contributed by atoms with van der Waals surface area (Å²) >= 11 is 1.59. The third kappa shape index (κ3) is 1.69. The summed E-state index contributed by atoms with van der Waals surface area (Å²) in [5.74, 6) is 1.85. The molecule has 18 heavy (non-hydrogen) atoms. The second-order valence-electron chi connectivity index (χ2n) is 3.77. The van der Waals surface area contributed by atoms with E-state index in [0.29, 0.717) is 19.1 Å². The molecule has 2 N–H and O–H groups in total. The number of aromatic nitrogens is 1. The third-order valence-electron chi connectivity index (χ3n) is 2.76. The number of hydrogen-bond donors (Lipinski definition) is 1. The van der Waals surface area contributed by atoms with Crippen LogP contribution in [0.25, 0.3) is 11.1 Å². The second-order valence-corrected chi connectivity index (χ2v) is 4.59. The van der Waals surface area contributed by atoms with E-state index in [4.69, 9.17) is 19.7 Å². The average Bonchev–Trinajstić information content (AvgIpc) is 2.83. The molecular weight excluding hydrogens is 252 g/mol. The highest BCUT2D eigenvalue weighted by atomic mass is 32.2. The molecule has 0 spiro atoms. The van der Waals surface area contributed by atoms with Gasteiger partial charge in [0.2, 0.25) is 5.88 Å². The van der Waals surface area contributed by atoms with Gasteiger partial charge in [-0.3, -0.25) is 0 Å². The van der Waals surface area contributed by atoms with Gasteiger partial charge in [0.15, 0.2) is 11.5 Å². The van der Waals surface area contributed by atoms with Crippen LogP contribution < -0.4 is 15.2 Å². The Labute approximate surface area is 108 Å². The van der Waals surface area contributed by atoms with E-state index in [1.807, 2.05) is 18.4 Å². The summed E-state index contributed by atoms with van der Waals surface area (Å²) in [6.45, 7) is 1.14. The highest BCUT2D eigenvalue weighted by Crippen LogP contribution is 2.45. The van der Waals surface area contributed by atoms with Crippen LogP contribution in [0.3, 0.4) is 0 Å². The standard InChI is InChI=1S/C12H12N2O3S/c1-18-11-7(8-6-14-17-12(8)13)2-3-9-10(11)16-5-4-15-9/h2-3,6H,4-5,13H2,1H3. The Bertz CT molecular complexity index is 583. The molecule has 6 heteroatoms. The summed E-state index contributed by atoms with van der Waals surface area (Å²) in [4.78, 5) is 0.988. The van der Waals surface area contributed by atoms with Crippen molar-refractivity contribution in [1.29, 1.82) is 0 Å². The van der Waals surface area contributed by atoms with Crippen LogP contribution >= 0.6 is 11.8 Å². The van der Waals surface area contributed by atoms with Crippen LogP contribution in [0.5, 0.6) is 11.5 Å². The van der Waals surface area contributed by atoms with Crippen molar-refractivity contribution in [3.05, 3.63) is 18.3 Å². The molecule has 1 aliphatic rings. The van der Waals surface area contributed by atoms with E-state index in [-0.39, 0.29) is 0 Å². The minimum Gasteiger partial charge on any atom is -0.486 e. The fourth-order valence-corrected chi connectivity index (χ4v) is 2.70. The zero-order valence-corrected chi connectivity index (χ0v) is 10.6. The van der Waals surface area contributed by atoms with Crippen molar-refractivity contribution in [3.8, 4) is 22.6 Å². The number of nitrogen functional groups attached to an aromatic ring is 1. The largest absolute Gasteiger partial charge is 0.486 e. The number of rotatable bonds is 2. The molecule has 0 amide bonds. The van der Waals surface area contributed by atoms with Crippen LogP contribution in [-0.2, 0) is 0 Å². The van der Waals surface area contributed by atoms with Gasteiger partial charge in [0, 0.05) is 5.56 Å². The molecule has 94 valence electrons. The molecular formula is C12H12N2O3S. The van der Waals surface area contributed by atoms with Gasteiger partial charge < -0.3 is 19.7 Å². The number of hydrogen-bond acceptors (Lipinski definition) is 6. The summed E-state index contributed by atoms with van der Waals surface area (Å²) in [6.07, 6.45) is 3.60. The molecule has 5 nitrogen and oxygen atoms in total. The molecule has 0 saturated heterocycles. The highest BCUT2D eigenvalue weighted by molar-refractivity contribution is 7.98. The molecule has 0 bridgehead atoms. The Morgan fingerprint density at radius 2 is 2.06 bits per heavy atom. The molecule has 2 aromatic rings. The quantitative estimate of drug-likeness (QED) is 0.840. The van der Waals surface area contributed by atoms with E-state index in [1.54, 1.807) is 18.0 Å². The smallest absolute Gasteiger partial charge is 0.229 e. The Kier molecular flexibility index (Phi) is 2.79. The van der Waals surface area contributed by atoms with Gasteiger partial charge in [0.1, 0.15) is 13.2 Å². The van der Waals surface area contributed by atoms with Gasteiger partial charge in [-0.25, -0.2) is 0 Å². The van der Waals surface area contributed by atoms with E-state index in [2.05, 4.69) is 5.16 Å². The molecule has 0 aliphatic carbocycles. The molecule has 3 rings (SSSR count). The van der Waals surface area contributed by atoms with Crippen LogP contribution in [0.1, 0.15) is 0 Å². The lowest BCUT2D eigenvalue weighted by molar-refractivity contribution is 0.167. The van der Waals surface area contributed by atoms with Crippen molar-refractivity contribution in [1.82, 2.24) is 5.16 Å². The van der Waals surface area contributed by atoms with Gasteiger partial charge in [0.05, 0.1) is 16.7 Å². The van der Waals surface area contributed by atoms with Gasteiger partial charge in [-0.1, -0.05) is 5.16 Å².